The maximum absolute atomic E-state index is 11.3. The third-order valence-electron chi connectivity index (χ3n) is 1.96. The molecule has 1 atom stereocenters. The number of carbonyl (C=O) groups excluding carboxylic acids is 1. The molecular formula is C12H28N2O2. The van der Waals surface area contributed by atoms with E-state index in [0.29, 0.717) is 12.8 Å². The normalized spacial score (nSPS) is 14.5. The molecule has 0 rings (SSSR count). The summed E-state index contributed by atoms with van der Waals surface area (Å²) in [5, 5.41) is 9.93. The van der Waals surface area contributed by atoms with Crippen LogP contribution in [0.25, 0.3) is 0 Å². The summed E-state index contributed by atoms with van der Waals surface area (Å²) in [6.07, 6.45) is 2.02. The second-order valence-corrected chi connectivity index (χ2v) is 5.30. The highest BCUT2D eigenvalue weighted by atomic mass is 16.3. The van der Waals surface area contributed by atoms with Crippen LogP contribution in [0.5, 0.6) is 0 Å². The van der Waals surface area contributed by atoms with E-state index < -0.39 is 11.5 Å². The fraction of sp³-hybridized carbons (Fsp3) is 0.917. The molecule has 0 spiro atoms. The van der Waals surface area contributed by atoms with Gasteiger partial charge in [0.05, 0.1) is 0 Å². The third-order valence-corrected chi connectivity index (χ3v) is 1.96. The summed E-state index contributed by atoms with van der Waals surface area (Å²) in [5.74, 6) is 4.48. The summed E-state index contributed by atoms with van der Waals surface area (Å²) < 4.78 is 0. The predicted molar refractivity (Wildman–Crippen MR) is 67.6 cm³/mol. The Morgan fingerprint density at radius 1 is 1.25 bits per heavy atom. The second-order valence-electron chi connectivity index (χ2n) is 5.30. The minimum Gasteiger partial charge on any atom is -0.380 e. The van der Waals surface area contributed by atoms with Gasteiger partial charge in [0.15, 0.2) is 0 Å². The van der Waals surface area contributed by atoms with Crippen molar-refractivity contribution in [2.24, 2.45) is 11.3 Å². The Kier molecular flexibility index (Phi) is 8.47. The first kappa shape index (κ1) is 17.8. The van der Waals surface area contributed by atoms with Gasteiger partial charge in [0.25, 0.3) is 5.91 Å². The van der Waals surface area contributed by atoms with Crippen LogP contribution in [0.2, 0.25) is 0 Å². The van der Waals surface area contributed by atoms with Gasteiger partial charge in [-0.1, -0.05) is 48.0 Å². The fourth-order valence-corrected chi connectivity index (χ4v) is 1.38. The summed E-state index contributed by atoms with van der Waals surface area (Å²) in [7, 11) is 0. The lowest BCUT2D eigenvalue weighted by molar-refractivity contribution is -0.143. The molecule has 0 aromatic rings. The van der Waals surface area contributed by atoms with E-state index in [4.69, 9.17) is 5.84 Å². The molecule has 16 heavy (non-hydrogen) atoms. The quantitative estimate of drug-likeness (QED) is 0.395. The van der Waals surface area contributed by atoms with Crippen molar-refractivity contribution >= 4 is 5.91 Å². The number of hydrazine groups is 1. The lowest BCUT2D eigenvalue weighted by Crippen LogP contribution is -2.50. The highest BCUT2D eigenvalue weighted by Gasteiger charge is 2.37. The van der Waals surface area contributed by atoms with E-state index in [2.05, 4.69) is 13.8 Å². The molecule has 0 saturated carbocycles. The van der Waals surface area contributed by atoms with Crippen LogP contribution in [-0.2, 0) is 4.79 Å². The van der Waals surface area contributed by atoms with E-state index in [1.165, 1.54) is 6.42 Å². The van der Waals surface area contributed by atoms with Gasteiger partial charge in [-0.25, -0.2) is 5.84 Å². The van der Waals surface area contributed by atoms with Crippen molar-refractivity contribution < 1.29 is 9.90 Å². The first-order valence-corrected chi connectivity index (χ1v) is 5.90. The largest absolute Gasteiger partial charge is 0.380 e. The van der Waals surface area contributed by atoms with Crippen molar-refractivity contribution in [3.8, 4) is 0 Å². The van der Waals surface area contributed by atoms with Gasteiger partial charge >= 0.3 is 0 Å². The number of carbonyl (C=O) groups is 1. The monoisotopic (exact) mass is 232 g/mol. The molecule has 1 unspecified atom stereocenters. The smallest absolute Gasteiger partial charge is 0.265 e. The van der Waals surface area contributed by atoms with E-state index in [0.717, 1.165) is 0 Å². The molecule has 0 bridgehead atoms. The Labute approximate surface area is 99.6 Å². The lowest BCUT2D eigenvalue weighted by Gasteiger charge is -2.31. The number of aliphatic hydroxyl groups is 1. The van der Waals surface area contributed by atoms with Gasteiger partial charge < -0.3 is 5.11 Å². The average molecular weight is 232 g/mol. The average Bonchev–Trinajstić information content (AvgIpc) is 2.15. The summed E-state index contributed by atoms with van der Waals surface area (Å²) >= 11 is 0. The van der Waals surface area contributed by atoms with Gasteiger partial charge in [-0.05, 0) is 18.3 Å². The number of hydrogen-bond acceptors (Lipinski definition) is 3. The second kappa shape index (κ2) is 7.63. The van der Waals surface area contributed by atoms with Gasteiger partial charge in [0, 0.05) is 0 Å². The van der Waals surface area contributed by atoms with Crippen molar-refractivity contribution in [2.75, 3.05) is 0 Å². The molecule has 4 N–H and O–H groups in total. The van der Waals surface area contributed by atoms with Crippen LogP contribution < -0.4 is 11.3 Å². The minimum absolute atomic E-state index is 0.0999. The molecular weight excluding hydrogens is 204 g/mol. The molecule has 0 aliphatic rings. The number of nitrogens with two attached hydrogens (primary N) is 1. The molecule has 0 radical (unpaired) electrons. The van der Waals surface area contributed by atoms with Gasteiger partial charge in [0.1, 0.15) is 5.60 Å². The van der Waals surface area contributed by atoms with Crippen LogP contribution >= 0.6 is 0 Å². The van der Waals surface area contributed by atoms with Gasteiger partial charge in [-0.2, -0.15) is 0 Å². The summed E-state index contributed by atoms with van der Waals surface area (Å²) in [5.41, 5.74) is 0.550. The molecule has 4 nitrogen and oxygen atoms in total. The number of hydrogen-bond donors (Lipinski definition) is 3. The maximum atomic E-state index is 11.3. The summed E-state index contributed by atoms with van der Waals surface area (Å²) in [6.45, 7) is 11.9. The van der Waals surface area contributed by atoms with Crippen LogP contribution in [0.3, 0.4) is 0 Å². The topological polar surface area (TPSA) is 75.3 Å². The van der Waals surface area contributed by atoms with E-state index in [9.17, 15) is 9.90 Å². The van der Waals surface area contributed by atoms with Crippen molar-refractivity contribution in [3.05, 3.63) is 0 Å². The Morgan fingerprint density at radius 2 is 1.62 bits per heavy atom. The minimum atomic E-state index is -1.34. The van der Waals surface area contributed by atoms with Crippen LogP contribution in [0.1, 0.15) is 60.8 Å². The van der Waals surface area contributed by atoms with Crippen molar-refractivity contribution in [3.63, 3.8) is 0 Å². The van der Waals surface area contributed by atoms with Gasteiger partial charge in [-0.15, -0.1) is 0 Å². The van der Waals surface area contributed by atoms with E-state index in [1.54, 1.807) is 6.92 Å². The Hall–Kier alpha value is -0.610. The Morgan fingerprint density at radius 3 is 1.81 bits per heavy atom. The molecule has 0 fully saturated rings. The highest BCUT2D eigenvalue weighted by molar-refractivity contribution is 5.84. The molecule has 0 aliphatic carbocycles. The zero-order valence-electron chi connectivity index (χ0n) is 11.6. The van der Waals surface area contributed by atoms with Crippen molar-refractivity contribution in [2.45, 2.75) is 66.4 Å². The van der Waals surface area contributed by atoms with Gasteiger partial charge in [-0.3, -0.25) is 10.2 Å². The van der Waals surface area contributed by atoms with E-state index in [-0.39, 0.29) is 5.41 Å². The van der Waals surface area contributed by atoms with Crippen molar-refractivity contribution in [1.29, 1.82) is 0 Å². The summed E-state index contributed by atoms with van der Waals surface area (Å²) in [6, 6.07) is 0. The molecule has 0 saturated heterocycles. The maximum Gasteiger partial charge on any atom is 0.265 e. The SMILES string of the molecule is CCC.CCC(O)(CC(C)(C)C)C(=O)NN. The number of nitrogens with one attached hydrogen (secondary N) is 1. The van der Waals surface area contributed by atoms with E-state index >= 15 is 0 Å². The van der Waals surface area contributed by atoms with Crippen LogP contribution in [0, 0.1) is 5.41 Å². The molecule has 0 heterocycles. The predicted octanol–water partition coefficient (Wildman–Crippen LogP) is 1.97. The number of amides is 1. The molecule has 0 aromatic heterocycles. The fourth-order valence-electron chi connectivity index (χ4n) is 1.38. The van der Waals surface area contributed by atoms with Crippen LogP contribution in [-0.4, -0.2) is 16.6 Å². The Balaban J connectivity index is 0. The summed E-state index contributed by atoms with van der Waals surface area (Å²) in [4.78, 5) is 11.3. The zero-order chi connectivity index (χ0) is 13.4. The Bertz CT molecular complexity index is 200. The molecule has 0 aromatic carbocycles. The van der Waals surface area contributed by atoms with Crippen LogP contribution in [0.15, 0.2) is 0 Å². The molecule has 98 valence electrons. The third kappa shape index (κ3) is 7.65. The number of rotatable bonds is 3. The first-order valence-electron chi connectivity index (χ1n) is 5.90. The molecule has 4 heteroatoms. The zero-order valence-corrected chi connectivity index (χ0v) is 11.6. The van der Waals surface area contributed by atoms with E-state index in [1.807, 2.05) is 26.2 Å². The first-order chi connectivity index (χ1) is 7.16. The van der Waals surface area contributed by atoms with Crippen molar-refractivity contribution in [1.82, 2.24) is 5.43 Å². The highest BCUT2D eigenvalue weighted by Crippen LogP contribution is 2.29. The lowest BCUT2D eigenvalue weighted by atomic mass is 9.80. The molecule has 0 aliphatic heterocycles. The van der Waals surface area contributed by atoms with Crippen LogP contribution in [0.4, 0.5) is 0 Å². The molecule has 1 amide bonds. The van der Waals surface area contributed by atoms with Gasteiger partial charge in [0.2, 0.25) is 0 Å². The standard InChI is InChI=1S/C9H20N2O2.C3H8/c1-5-9(13,7(12)11-10)6-8(2,3)4;1-3-2/h13H,5-6,10H2,1-4H3,(H,11,12);3H2,1-2H3.